The molecule has 0 spiro atoms. The molecular weight excluding hydrogens is 269 g/mol. The van der Waals surface area contributed by atoms with Gasteiger partial charge in [-0.25, -0.2) is 5.43 Å². The molecule has 2 N–H and O–H groups in total. The first kappa shape index (κ1) is 14.8. The molecule has 0 aliphatic heterocycles. The summed E-state index contributed by atoms with van der Waals surface area (Å²) in [6, 6.07) is 6.48. The summed E-state index contributed by atoms with van der Waals surface area (Å²) in [5.41, 5.74) is 4.68. The van der Waals surface area contributed by atoms with Gasteiger partial charge in [-0.2, -0.15) is 13.2 Å². The molecule has 1 aromatic carbocycles. The number of carbonyl (C=O) groups is 1. The van der Waals surface area contributed by atoms with Gasteiger partial charge in [0.1, 0.15) is 6.04 Å². The Labute approximate surface area is 115 Å². The molecule has 20 heavy (non-hydrogen) atoms. The van der Waals surface area contributed by atoms with Crippen molar-refractivity contribution in [2.75, 3.05) is 0 Å². The molecule has 1 amide bonds. The van der Waals surface area contributed by atoms with E-state index in [4.69, 9.17) is 0 Å². The fraction of sp³-hybridized carbons (Fsp3) is 0.500. The van der Waals surface area contributed by atoms with Crippen LogP contribution in [0.3, 0.4) is 0 Å². The van der Waals surface area contributed by atoms with Crippen molar-refractivity contribution in [2.45, 2.75) is 37.9 Å². The summed E-state index contributed by atoms with van der Waals surface area (Å²) in [7, 11) is 0. The van der Waals surface area contributed by atoms with Crippen LogP contribution < -0.4 is 10.9 Å². The highest BCUT2D eigenvalue weighted by Crippen LogP contribution is 2.35. The second-order valence-corrected chi connectivity index (χ2v) is 5.03. The summed E-state index contributed by atoms with van der Waals surface area (Å²) >= 11 is 0. The maximum absolute atomic E-state index is 13.0. The molecule has 1 atom stereocenters. The zero-order chi connectivity index (χ0) is 14.6. The van der Waals surface area contributed by atoms with Gasteiger partial charge in [0, 0.05) is 5.56 Å². The number of nitrogens with one attached hydrogen (secondary N) is 2. The van der Waals surface area contributed by atoms with Gasteiger partial charge in [-0.15, -0.1) is 0 Å². The fourth-order valence-corrected chi connectivity index (χ4v) is 2.56. The molecule has 3 nitrogen and oxygen atoms in total. The van der Waals surface area contributed by atoms with Gasteiger partial charge in [0.25, 0.3) is 5.91 Å². The van der Waals surface area contributed by atoms with Gasteiger partial charge in [-0.05, 0) is 30.9 Å². The van der Waals surface area contributed by atoms with Gasteiger partial charge in [0.2, 0.25) is 0 Å². The highest BCUT2D eigenvalue weighted by Gasteiger charge is 2.45. The summed E-state index contributed by atoms with van der Waals surface area (Å²) in [4.78, 5) is 11.8. The third kappa shape index (κ3) is 3.72. The van der Waals surface area contributed by atoms with E-state index in [1.54, 1.807) is 30.3 Å². The van der Waals surface area contributed by atoms with Crippen molar-refractivity contribution < 1.29 is 18.0 Å². The maximum atomic E-state index is 13.0. The van der Waals surface area contributed by atoms with Crippen molar-refractivity contribution in [3.8, 4) is 0 Å². The predicted molar refractivity (Wildman–Crippen MR) is 68.8 cm³/mol. The number of hydrazine groups is 1. The van der Waals surface area contributed by atoms with Crippen LogP contribution in [0.2, 0.25) is 0 Å². The Morgan fingerprint density at radius 3 is 2.30 bits per heavy atom. The summed E-state index contributed by atoms with van der Waals surface area (Å²) in [6.45, 7) is 0. The molecule has 1 unspecified atom stereocenters. The van der Waals surface area contributed by atoms with Gasteiger partial charge in [-0.1, -0.05) is 31.0 Å². The van der Waals surface area contributed by atoms with Crippen LogP contribution >= 0.6 is 0 Å². The number of alkyl halides is 3. The van der Waals surface area contributed by atoms with E-state index >= 15 is 0 Å². The zero-order valence-electron chi connectivity index (χ0n) is 10.9. The number of hydrogen-bond donors (Lipinski definition) is 2. The topological polar surface area (TPSA) is 41.1 Å². The van der Waals surface area contributed by atoms with Crippen LogP contribution in [0.4, 0.5) is 13.2 Å². The Bertz CT molecular complexity index is 441. The lowest BCUT2D eigenvalue weighted by Crippen LogP contribution is -2.54. The molecule has 1 saturated carbocycles. The number of amides is 1. The van der Waals surface area contributed by atoms with Crippen LogP contribution in [0.1, 0.15) is 36.0 Å². The average Bonchev–Trinajstić information content (AvgIpc) is 2.92. The van der Waals surface area contributed by atoms with Crippen LogP contribution in [0.25, 0.3) is 0 Å². The minimum absolute atomic E-state index is 0.326. The van der Waals surface area contributed by atoms with E-state index in [2.05, 4.69) is 10.9 Å². The Hall–Kier alpha value is -1.56. The van der Waals surface area contributed by atoms with Crippen molar-refractivity contribution in [1.82, 2.24) is 10.9 Å². The average molecular weight is 286 g/mol. The first-order chi connectivity index (χ1) is 9.48. The van der Waals surface area contributed by atoms with Crippen molar-refractivity contribution in [3.63, 3.8) is 0 Å². The normalized spacial score (nSPS) is 17.9. The molecule has 0 heterocycles. The number of halogens is 3. The molecule has 0 bridgehead atoms. The van der Waals surface area contributed by atoms with E-state index in [1.165, 1.54) is 0 Å². The number of rotatable bonds is 4. The van der Waals surface area contributed by atoms with Crippen molar-refractivity contribution >= 4 is 5.91 Å². The quantitative estimate of drug-likeness (QED) is 0.835. The summed E-state index contributed by atoms with van der Waals surface area (Å²) in [5, 5.41) is 0. The standard InChI is InChI=1S/C14H17F3N2O/c15-14(16,17)12(10-6-4-5-7-10)18-19-13(20)11-8-2-1-3-9-11/h1-3,8-10,12,18H,4-7H2,(H,19,20). The first-order valence-electron chi connectivity index (χ1n) is 6.66. The monoisotopic (exact) mass is 286 g/mol. The molecule has 1 aliphatic rings. The lowest BCUT2D eigenvalue weighted by Gasteiger charge is -2.27. The second kappa shape index (κ2) is 6.26. The summed E-state index contributed by atoms with van der Waals surface area (Å²) < 4.78 is 39.0. The van der Waals surface area contributed by atoms with E-state index in [1.807, 2.05) is 0 Å². The van der Waals surface area contributed by atoms with Crippen molar-refractivity contribution in [1.29, 1.82) is 0 Å². The van der Waals surface area contributed by atoms with E-state index in [-0.39, 0.29) is 0 Å². The highest BCUT2D eigenvalue weighted by atomic mass is 19.4. The molecule has 1 aromatic rings. The lowest BCUT2D eigenvalue weighted by molar-refractivity contribution is -0.169. The molecule has 2 rings (SSSR count). The minimum Gasteiger partial charge on any atom is -0.287 e. The van der Waals surface area contributed by atoms with Gasteiger partial charge < -0.3 is 0 Å². The largest absolute Gasteiger partial charge is 0.405 e. The van der Waals surface area contributed by atoms with Crippen LogP contribution in [0.15, 0.2) is 30.3 Å². The van der Waals surface area contributed by atoms with Crippen LogP contribution in [0, 0.1) is 5.92 Å². The SMILES string of the molecule is O=C(NNC(C1CCCC1)C(F)(F)F)c1ccccc1. The predicted octanol–water partition coefficient (Wildman–Crippen LogP) is 3.04. The fourth-order valence-electron chi connectivity index (χ4n) is 2.56. The number of benzene rings is 1. The summed E-state index contributed by atoms with van der Waals surface area (Å²) in [5.74, 6) is -1.02. The Morgan fingerprint density at radius 2 is 1.75 bits per heavy atom. The highest BCUT2D eigenvalue weighted by molar-refractivity contribution is 5.93. The van der Waals surface area contributed by atoms with Crippen LogP contribution in [-0.4, -0.2) is 18.1 Å². The molecule has 0 aromatic heterocycles. The van der Waals surface area contributed by atoms with Gasteiger partial charge >= 0.3 is 6.18 Å². The third-order valence-electron chi connectivity index (χ3n) is 3.60. The molecular formula is C14H17F3N2O. The number of hydrogen-bond acceptors (Lipinski definition) is 2. The van der Waals surface area contributed by atoms with E-state index < -0.39 is 24.0 Å². The molecule has 1 fully saturated rings. The van der Waals surface area contributed by atoms with E-state index in [0.717, 1.165) is 12.8 Å². The van der Waals surface area contributed by atoms with Gasteiger partial charge in [0.15, 0.2) is 0 Å². The molecule has 1 aliphatic carbocycles. The first-order valence-corrected chi connectivity index (χ1v) is 6.66. The molecule has 110 valence electrons. The van der Waals surface area contributed by atoms with Crippen molar-refractivity contribution in [3.05, 3.63) is 35.9 Å². The Morgan fingerprint density at radius 1 is 1.15 bits per heavy atom. The lowest BCUT2D eigenvalue weighted by atomic mass is 9.98. The number of carbonyl (C=O) groups excluding carboxylic acids is 1. The zero-order valence-corrected chi connectivity index (χ0v) is 10.9. The van der Waals surface area contributed by atoms with E-state index in [9.17, 15) is 18.0 Å². The molecule has 6 heteroatoms. The van der Waals surface area contributed by atoms with Gasteiger partial charge in [0.05, 0.1) is 0 Å². The summed E-state index contributed by atoms with van der Waals surface area (Å²) in [6.07, 6.45) is -1.66. The Kier molecular flexibility index (Phi) is 4.65. The Balaban J connectivity index is 1.97. The van der Waals surface area contributed by atoms with Crippen molar-refractivity contribution in [2.24, 2.45) is 5.92 Å². The van der Waals surface area contributed by atoms with Crippen LogP contribution in [-0.2, 0) is 0 Å². The second-order valence-electron chi connectivity index (χ2n) is 5.03. The minimum atomic E-state index is -4.36. The van der Waals surface area contributed by atoms with Crippen LogP contribution in [0.5, 0.6) is 0 Å². The van der Waals surface area contributed by atoms with E-state index in [0.29, 0.717) is 18.4 Å². The molecule has 0 radical (unpaired) electrons. The molecule has 0 saturated heterocycles. The smallest absolute Gasteiger partial charge is 0.287 e. The maximum Gasteiger partial charge on any atom is 0.405 e. The third-order valence-corrected chi connectivity index (χ3v) is 3.60. The van der Waals surface area contributed by atoms with Gasteiger partial charge in [-0.3, -0.25) is 10.2 Å².